The maximum atomic E-state index is 13.4. The number of hydrogen-bond acceptors (Lipinski definition) is 2. The second-order valence-corrected chi connectivity index (χ2v) is 4.68. The molecule has 2 rings (SSSR count). The standard InChI is InChI=1S/C13H9BrF3NO/c14-8-3-1-2-7(13(8)19)6-18-10-5-4-9(15)11(16)12(10)17/h1-5,18-19H,6H2. The zero-order chi connectivity index (χ0) is 14.0. The van der Waals surface area contributed by atoms with Crippen molar-refractivity contribution >= 4 is 21.6 Å². The fourth-order valence-electron chi connectivity index (χ4n) is 1.56. The Morgan fingerprint density at radius 3 is 2.53 bits per heavy atom. The number of phenols is 1. The molecule has 0 amide bonds. The zero-order valence-electron chi connectivity index (χ0n) is 9.55. The first-order valence-corrected chi connectivity index (χ1v) is 6.13. The number of aromatic hydroxyl groups is 1. The van der Waals surface area contributed by atoms with Crippen LogP contribution in [0.1, 0.15) is 5.56 Å². The molecule has 0 spiro atoms. The molecule has 0 aliphatic carbocycles. The molecule has 0 fully saturated rings. The number of phenolic OH excluding ortho intramolecular Hbond substituents is 1. The summed E-state index contributed by atoms with van der Waals surface area (Å²) in [5.41, 5.74) is 0.330. The lowest BCUT2D eigenvalue weighted by Crippen LogP contribution is -2.04. The monoisotopic (exact) mass is 331 g/mol. The molecular weight excluding hydrogens is 323 g/mol. The fraction of sp³-hybridized carbons (Fsp3) is 0.0769. The Morgan fingerprint density at radius 1 is 1.05 bits per heavy atom. The van der Waals surface area contributed by atoms with Crippen LogP contribution in [0.15, 0.2) is 34.8 Å². The second-order valence-electron chi connectivity index (χ2n) is 3.82. The van der Waals surface area contributed by atoms with Crippen molar-refractivity contribution in [3.05, 3.63) is 57.8 Å². The highest BCUT2D eigenvalue weighted by Crippen LogP contribution is 2.28. The van der Waals surface area contributed by atoms with Crippen LogP contribution in [0.5, 0.6) is 5.75 Å². The lowest BCUT2D eigenvalue weighted by molar-refractivity contribution is 0.448. The van der Waals surface area contributed by atoms with Crippen LogP contribution in [0.4, 0.5) is 18.9 Å². The number of nitrogens with one attached hydrogen (secondary N) is 1. The lowest BCUT2D eigenvalue weighted by atomic mass is 10.2. The Bertz CT molecular complexity index is 619. The average molecular weight is 332 g/mol. The first-order chi connectivity index (χ1) is 9.00. The first-order valence-electron chi connectivity index (χ1n) is 5.34. The van der Waals surface area contributed by atoms with E-state index in [0.717, 1.165) is 12.1 Å². The molecule has 0 saturated heterocycles. The van der Waals surface area contributed by atoms with E-state index in [1.54, 1.807) is 18.2 Å². The minimum absolute atomic E-state index is 0.0120. The third kappa shape index (κ3) is 2.84. The van der Waals surface area contributed by atoms with Gasteiger partial charge in [-0.2, -0.15) is 0 Å². The van der Waals surface area contributed by atoms with E-state index < -0.39 is 17.5 Å². The Morgan fingerprint density at radius 2 is 1.79 bits per heavy atom. The number of hydrogen-bond donors (Lipinski definition) is 2. The van der Waals surface area contributed by atoms with E-state index in [9.17, 15) is 18.3 Å². The average Bonchev–Trinajstić information content (AvgIpc) is 2.40. The molecular formula is C13H9BrF3NO. The van der Waals surface area contributed by atoms with Crippen molar-refractivity contribution in [1.29, 1.82) is 0 Å². The predicted octanol–water partition coefficient (Wildman–Crippen LogP) is 4.18. The van der Waals surface area contributed by atoms with Gasteiger partial charge >= 0.3 is 0 Å². The highest BCUT2D eigenvalue weighted by Gasteiger charge is 2.13. The lowest BCUT2D eigenvalue weighted by Gasteiger charge is -2.10. The summed E-state index contributed by atoms with van der Waals surface area (Å²) in [4.78, 5) is 0. The fourth-order valence-corrected chi connectivity index (χ4v) is 1.96. The topological polar surface area (TPSA) is 32.3 Å². The van der Waals surface area contributed by atoms with Crippen LogP contribution in [0.3, 0.4) is 0 Å². The summed E-state index contributed by atoms with van der Waals surface area (Å²) in [5, 5.41) is 12.3. The van der Waals surface area contributed by atoms with E-state index in [1.165, 1.54) is 0 Å². The molecule has 19 heavy (non-hydrogen) atoms. The van der Waals surface area contributed by atoms with Crippen molar-refractivity contribution in [2.24, 2.45) is 0 Å². The molecule has 2 aromatic carbocycles. The van der Waals surface area contributed by atoms with Gasteiger partial charge in [0.15, 0.2) is 17.5 Å². The van der Waals surface area contributed by atoms with Gasteiger partial charge in [-0.1, -0.05) is 12.1 Å². The number of para-hydroxylation sites is 1. The van der Waals surface area contributed by atoms with Gasteiger partial charge < -0.3 is 10.4 Å². The van der Waals surface area contributed by atoms with Crippen LogP contribution < -0.4 is 5.32 Å². The zero-order valence-corrected chi connectivity index (χ0v) is 11.1. The molecule has 0 bridgehead atoms. The summed E-state index contributed by atoms with van der Waals surface area (Å²) in [6, 6.07) is 6.91. The maximum absolute atomic E-state index is 13.4. The minimum atomic E-state index is -1.52. The Labute approximate surface area is 116 Å². The van der Waals surface area contributed by atoms with Crippen LogP contribution in [0, 0.1) is 17.5 Å². The molecule has 6 heteroatoms. The summed E-state index contributed by atoms with van der Waals surface area (Å²) in [5.74, 6) is -4.04. The Hall–Kier alpha value is -1.69. The summed E-state index contributed by atoms with van der Waals surface area (Å²) in [6.07, 6.45) is 0. The second kappa shape index (κ2) is 5.52. The van der Waals surface area contributed by atoms with Crippen molar-refractivity contribution in [3.8, 4) is 5.75 Å². The minimum Gasteiger partial charge on any atom is -0.506 e. The van der Waals surface area contributed by atoms with Gasteiger partial charge in [0.2, 0.25) is 0 Å². The van der Waals surface area contributed by atoms with Gasteiger partial charge in [0.25, 0.3) is 0 Å². The van der Waals surface area contributed by atoms with Gasteiger partial charge in [-0.25, -0.2) is 13.2 Å². The molecule has 0 unspecified atom stereocenters. The maximum Gasteiger partial charge on any atom is 0.196 e. The first kappa shape index (κ1) is 13.7. The van der Waals surface area contributed by atoms with Gasteiger partial charge in [0, 0.05) is 12.1 Å². The highest BCUT2D eigenvalue weighted by atomic mass is 79.9. The van der Waals surface area contributed by atoms with Crippen LogP contribution in [0.2, 0.25) is 0 Å². The molecule has 0 atom stereocenters. The van der Waals surface area contributed by atoms with Gasteiger partial charge in [-0.05, 0) is 34.1 Å². The molecule has 2 N–H and O–H groups in total. The molecule has 0 aromatic heterocycles. The largest absolute Gasteiger partial charge is 0.506 e. The van der Waals surface area contributed by atoms with E-state index >= 15 is 0 Å². The molecule has 0 aliphatic heterocycles. The summed E-state index contributed by atoms with van der Waals surface area (Å²) >= 11 is 3.15. The summed E-state index contributed by atoms with van der Waals surface area (Å²) in [7, 11) is 0. The third-order valence-electron chi connectivity index (χ3n) is 2.57. The highest BCUT2D eigenvalue weighted by molar-refractivity contribution is 9.10. The van der Waals surface area contributed by atoms with E-state index in [1.807, 2.05) is 0 Å². The molecule has 0 radical (unpaired) electrons. The molecule has 0 heterocycles. The van der Waals surface area contributed by atoms with Gasteiger partial charge in [0.1, 0.15) is 5.75 Å². The summed E-state index contributed by atoms with van der Waals surface area (Å²) in [6.45, 7) is 0.0767. The Balaban J connectivity index is 2.20. The number of benzene rings is 2. The van der Waals surface area contributed by atoms with Crippen LogP contribution in [-0.4, -0.2) is 5.11 Å². The summed E-state index contributed by atoms with van der Waals surface area (Å²) < 4.78 is 39.7. The van der Waals surface area contributed by atoms with E-state index in [-0.39, 0.29) is 18.0 Å². The number of halogens is 4. The predicted molar refractivity (Wildman–Crippen MR) is 69.4 cm³/mol. The van der Waals surface area contributed by atoms with E-state index in [4.69, 9.17) is 0 Å². The molecule has 2 nitrogen and oxygen atoms in total. The molecule has 0 aliphatic rings. The number of anilines is 1. The normalized spacial score (nSPS) is 10.5. The molecule has 0 saturated carbocycles. The van der Waals surface area contributed by atoms with Crippen molar-refractivity contribution in [1.82, 2.24) is 0 Å². The van der Waals surface area contributed by atoms with Crippen molar-refractivity contribution < 1.29 is 18.3 Å². The van der Waals surface area contributed by atoms with Gasteiger partial charge in [-0.15, -0.1) is 0 Å². The van der Waals surface area contributed by atoms with Crippen LogP contribution in [0.25, 0.3) is 0 Å². The van der Waals surface area contributed by atoms with Gasteiger partial charge in [0.05, 0.1) is 10.2 Å². The smallest absolute Gasteiger partial charge is 0.196 e. The quantitative estimate of drug-likeness (QED) is 0.827. The number of rotatable bonds is 3. The van der Waals surface area contributed by atoms with Crippen LogP contribution in [-0.2, 0) is 6.54 Å². The van der Waals surface area contributed by atoms with Crippen molar-refractivity contribution in [2.75, 3.05) is 5.32 Å². The van der Waals surface area contributed by atoms with Crippen LogP contribution >= 0.6 is 15.9 Å². The third-order valence-corrected chi connectivity index (χ3v) is 3.21. The van der Waals surface area contributed by atoms with E-state index in [2.05, 4.69) is 21.2 Å². The van der Waals surface area contributed by atoms with E-state index in [0.29, 0.717) is 10.0 Å². The van der Waals surface area contributed by atoms with Crippen molar-refractivity contribution in [3.63, 3.8) is 0 Å². The SMILES string of the molecule is Oc1c(Br)cccc1CNc1ccc(F)c(F)c1F. The molecule has 100 valence electrons. The molecule has 2 aromatic rings. The van der Waals surface area contributed by atoms with Crippen molar-refractivity contribution in [2.45, 2.75) is 6.54 Å². The Kier molecular flexibility index (Phi) is 3.99. The van der Waals surface area contributed by atoms with Gasteiger partial charge in [-0.3, -0.25) is 0 Å².